The van der Waals surface area contributed by atoms with E-state index in [0.29, 0.717) is 28.3 Å². The van der Waals surface area contributed by atoms with Gasteiger partial charge in [0.25, 0.3) is 0 Å². The molecule has 5 aromatic rings. The number of rotatable bonds is 4. The van der Waals surface area contributed by atoms with Gasteiger partial charge in [0.05, 0.1) is 37.6 Å². The molecule has 1 N–H and O–H groups in total. The number of methoxy groups -OCH3 is 1. The molecule has 0 saturated carbocycles. The van der Waals surface area contributed by atoms with Gasteiger partial charge in [-0.05, 0) is 48.0 Å². The van der Waals surface area contributed by atoms with Crippen molar-refractivity contribution in [3.63, 3.8) is 0 Å². The lowest BCUT2D eigenvalue weighted by Crippen LogP contribution is -2.47. The number of para-hydroxylation sites is 2. The third-order valence-electron chi connectivity index (χ3n) is 7.76. The van der Waals surface area contributed by atoms with E-state index in [1.54, 1.807) is 78.9 Å². The highest BCUT2D eigenvalue weighted by Crippen LogP contribution is 2.42. The van der Waals surface area contributed by atoms with Crippen LogP contribution < -0.4 is 27.5 Å². The number of hydrogen-bond donors (Lipinski definition) is 1. The third kappa shape index (κ3) is 3.46. The number of phenols is 1. The highest BCUT2D eigenvalue weighted by molar-refractivity contribution is 5.46. The van der Waals surface area contributed by atoms with Crippen LogP contribution >= 0.6 is 0 Å². The fraction of sp³-hybridized carbons (Fsp3) is 0.172. The van der Waals surface area contributed by atoms with Crippen molar-refractivity contribution >= 4 is 0 Å². The van der Waals surface area contributed by atoms with E-state index < -0.39 is 34.8 Å². The first-order chi connectivity index (χ1) is 19.9. The molecule has 0 bridgehead atoms. The van der Waals surface area contributed by atoms with Crippen molar-refractivity contribution in [1.29, 1.82) is 0 Å². The topological polar surface area (TPSA) is 127 Å². The molecule has 0 saturated heterocycles. The van der Waals surface area contributed by atoms with E-state index in [-0.39, 0.29) is 18.8 Å². The Hall–Kier alpha value is -5.52. The van der Waals surface area contributed by atoms with Gasteiger partial charge < -0.3 is 9.84 Å². The number of allylic oxidation sites excluding steroid dienone is 2. The van der Waals surface area contributed by atoms with Gasteiger partial charge in [-0.25, -0.2) is 47.0 Å². The molecule has 2 unspecified atom stereocenters. The van der Waals surface area contributed by atoms with E-state index >= 15 is 0 Å². The molecule has 41 heavy (non-hydrogen) atoms. The van der Waals surface area contributed by atoms with E-state index in [4.69, 9.17) is 4.74 Å². The fourth-order valence-corrected chi connectivity index (χ4v) is 5.91. The van der Waals surface area contributed by atoms with E-state index in [1.807, 2.05) is 0 Å². The van der Waals surface area contributed by atoms with Gasteiger partial charge in [0.15, 0.2) is 0 Å². The smallest absolute Gasteiger partial charge is 0.352 e. The van der Waals surface area contributed by atoms with Crippen molar-refractivity contribution in [2.24, 2.45) is 0 Å². The number of aromatic nitrogens is 6. The number of aromatic hydroxyl groups is 1. The minimum Gasteiger partial charge on any atom is -0.508 e. The first-order valence-corrected chi connectivity index (χ1v) is 13.0. The van der Waals surface area contributed by atoms with Crippen LogP contribution in [0.15, 0.2) is 110 Å². The molecule has 206 valence electrons. The Kier molecular flexibility index (Phi) is 5.39. The lowest BCUT2D eigenvalue weighted by atomic mass is 9.89. The molecule has 0 fully saturated rings. The van der Waals surface area contributed by atoms with E-state index in [2.05, 4.69) is 0 Å². The number of benzene rings is 3. The molecule has 3 aromatic carbocycles. The third-order valence-corrected chi connectivity index (χ3v) is 7.76. The van der Waals surface area contributed by atoms with Crippen LogP contribution in [0.2, 0.25) is 0 Å². The zero-order valence-electron chi connectivity index (χ0n) is 21.8. The van der Waals surface area contributed by atoms with Crippen LogP contribution in [0, 0.1) is 0 Å². The van der Waals surface area contributed by atoms with Gasteiger partial charge in [-0.3, -0.25) is 0 Å². The molecule has 2 atom stereocenters. The Balaban J connectivity index is 1.52. The van der Waals surface area contributed by atoms with Crippen molar-refractivity contribution < 1.29 is 9.84 Å². The predicted octanol–water partition coefficient (Wildman–Crippen LogP) is 1.41. The van der Waals surface area contributed by atoms with Crippen molar-refractivity contribution in [2.45, 2.75) is 25.2 Å². The molecule has 0 amide bonds. The SMILES string of the molecule is COc1ccc(O)c(C2C3=CCn4c(=O)n(-c5ccccc5)c(=O)n4C3Cn3c(=O)n(-c4ccccc4)c(=O)n32)c1. The maximum atomic E-state index is 14.0. The average Bonchev–Trinajstić information content (AvgIpc) is 3.41. The Morgan fingerprint density at radius 2 is 1.32 bits per heavy atom. The molecule has 2 aliphatic heterocycles. The molecular formula is C29H24N6O6. The van der Waals surface area contributed by atoms with Crippen molar-refractivity contribution in [3.8, 4) is 22.9 Å². The van der Waals surface area contributed by atoms with Gasteiger partial charge >= 0.3 is 22.8 Å². The van der Waals surface area contributed by atoms with Gasteiger partial charge in [0.2, 0.25) is 0 Å². The summed E-state index contributed by atoms with van der Waals surface area (Å²) in [6.45, 7) is -0.0293. The second kappa shape index (κ2) is 9.01. The minimum absolute atomic E-state index is 0.0549. The highest BCUT2D eigenvalue weighted by Gasteiger charge is 2.42. The second-order valence-electron chi connectivity index (χ2n) is 9.87. The van der Waals surface area contributed by atoms with Crippen LogP contribution in [0.4, 0.5) is 0 Å². The largest absolute Gasteiger partial charge is 0.508 e. The summed E-state index contributed by atoms with van der Waals surface area (Å²) in [5.41, 5.74) is -0.605. The first-order valence-electron chi connectivity index (χ1n) is 13.0. The first kappa shape index (κ1) is 24.5. The summed E-state index contributed by atoms with van der Waals surface area (Å²) in [6, 6.07) is 20.0. The van der Waals surface area contributed by atoms with Crippen molar-refractivity contribution in [2.75, 3.05) is 7.11 Å². The quantitative estimate of drug-likeness (QED) is 0.336. The molecule has 7 rings (SSSR count). The monoisotopic (exact) mass is 552 g/mol. The van der Waals surface area contributed by atoms with Crippen LogP contribution in [0.3, 0.4) is 0 Å². The van der Waals surface area contributed by atoms with Gasteiger partial charge in [-0.1, -0.05) is 42.5 Å². The predicted molar refractivity (Wildman–Crippen MR) is 148 cm³/mol. The molecule has 0 radical (unpaired) electrons. The van der Waals surface area contributed by atoms with Crippen molar-refractivity contribution in [1.82, 2.24) is 27.9 Å². The highest BCUT2D eigenvalue weighted by atomic mass is 16.5. The number of fused-ring (bicyclic) bond motifs is 4. The van der Waals surface area contributed by atoms with Crippen LogP contribution in [0.5, 0.6) is 11.5 Å². The number of nitrogens with zero attached hydrogens (tertiary/aromatic N) is 6. The number of hydrogen-bond acceptors (Lipinski definition) is 6. The molecule has 4 heterocycles. The summed E-state index contributed by atoms with van der Waals surface area (Å²) < 4.78 is 12.8. The summed E-state index contributed by atoms with van der Waals surface area (Å²) in [5.74, 6) is 0.318. The van der Waals surface area contributed by atoms with Gasteiger partial charge in [-0.15, -0.1) is 0 Å². The lowest BCUT2D eigenvalue weighted by Gasteiger charge is -2.37. The summed E-state index contributed by atoms with van der Waals surface area (Å²) in [5, 5.41) is 11.0. The molecule has 12 nitrogen and oxygen atoms in total. The van der Waals surface area contributed by atoms with Crippen LogP contribution in [0.25, 0.3) is 11.4 Å². The zero-order valence-corrected chi connectivity index (χ0v) is 21.8. The molecular weight excluding hydrogens is 528 g/mol. The standard InChI is InChI=1S/C29H24N6O6/c1-41-20-12-13-24(36)22(16-20)25-21-14-15-30-26(37)32(18-8-4-2-5-9-18)28(39)34(30)23(21)17-31-27(38)33(29(40)35(25)31)19-10-6-3-7-11-19/h2-14,16,23,25,36H,15,17H2,1H3. The van der Waals surface area contributed by atoms with Gasteiger partial charge in [0.1, 0.15) is 17.5 Å². The molecule has 2 aromatic heterocycles. The minimum atomic E-state index is -0.968. The summed E-state index contributed by atoms with van der Waals surface area (Å²) in [6.07, 6.45) is 1.78. The molecule has 0 aliphatic carbocycles. The Morgan fingerprint density at radius 1 is 0.732 bits per heavy atom. The maximum absolute atomic E-state index is 14.0. The molecule has 2 aliphatic rings. The molecule has 12 heteroatoms. The van der Waals surface area contributed by atoms with Gasteiger partial charge in [-0.2, -0.15) is 0 Å². The number of ether oxygens (including phenoxy) is 1. The van der Waals surface area contributed by atoms with Crippen LogP contribution in [0.1, 0.15) is 17.6 Å². The van der Waals surface area contributed by atoms with Gasteiger partial charge in [0, 0.05) is 5.56 Å². The maximum Gasteiger partial charge on any atom is 0.352 e. The Bertz CT molecular complexity index is 2090. The Labute approximate surface area is 231 Å². The summed E-state index contributed by atoms with van der Waals surface area (Å²) >= 11 is 0. The summed E-state index contributed by atoms with van der Waals surface area (Å²) in [7, 11) is 1.48. The van der Waals surface area contributed by atoms with Crippen LogP contribution in [-0.4, -0.2) is 40.1 Å². The number of phenolic OH excluding ortho intramolecular Hbond substituents is 1. The zero-order chi connectivity index (χ0) is 28.4. The average molecular weight is 553 g/mol. The van der Waals surface area contributed by atoms with E-state index in [1.165, 1.54) is 31.9 Å². The summed E-state index contributed by atoms with van der Waals surface area (Å²) in [4.78, 5) is 55.1. The van der Waals surface area contributed by atoms with Crippen molar-refractivity contribution in [3.05, 3.63) is 138 Å². The lowest BCUT2D eigenvalue weighted by molar-refractivity contribution is 0.243. The van der Waals surface area contributed by atoms with E-state index in [0.717, 1.165) is 9.13 Å². The van der Waals surface area contributed by atoms with Crippen LogP contribution in [-0.2, 0) is 13.1 Å². The Morgan fingerprint density at radius 3 is 1.93 bits per heavy atom. The fourth-order valence-electron chi connectivity index (χ4n) is 5.91. The van der Waals surface area contributed by atoms with E-state index in [9.17, 15) is 24.3 Å². The second-order valence-corrected chi connectivity index (χ2v) is 9.87. The normalized spacial score (nSPS) is 17.3. The molecule has 0 spiro atoms.